The van der Waals surface area contributed by atoms with Crippen LogP contribution in [0.25, 0.3) is 11.6 Å². The van der Waals surface area contributed by atoms with E-state index < -0.39 is 0 Å². The minimum absolute atomic E-state index is 0. The van der Waals surface area contributed by atoms with Crippen LogP contribution in [0.1, 0.15) is 29.6 Å². The van der Waals surface area contributed by atoms with Crippen LogP contribution in [0, 0.1) is 0 Å². The first-order chi connectivity index (χ1) is 14.8. The molecule has 1 saturated heterocycles. The average Bonchev–Trinajstić information content (AvgIpc) is 3.56. The lowest BCUT2D eigenvalue weighted by Crippen LogP contribution is -2.43. The van der Waals surface area contributed by atoms with Crippen molar-refractivity contribution in [2.45, 2.75) is 25.3 Å². The van der Waals surface area contributed by atoms with Gasteiger partial charge >= 0.3 is 0 Å². The lowest BCUT2D eigenvalue weighted by atomic mass is 10.2. The van der Waals surface area contributed by atoms with E-state index in [0.717, 1.165) is 25.6 Å². The zero-order chi connectivity index (χ0) is 20.6. The molecule has 0 spiro atoms. The van der Waals surface area contributed by atoms with Crippen molar-refractivity contribution in [3.05, 3.63) is 52.6 Å². The maximum Gasteiger partial charge on any atom is 0.276 e. The summed E-state index contributed by atoms with van der Waals surface area (Å²) in [5.74, 6) is 1.87. The number of rotatable bonds is 8. The number of guanidine groups is 1. The lowest BCUT2D eigenvalue weighted by Gasteiger charge is -2.27. The van der Waals surface area contributed by atoms with Gasteiger partial charge in [-0.3, -0.25) is 14.9 Å². The van der Waals surface area contributed by atoms with Crippen LogP contribution in [0.15, 0.2) is 51.4 Å². The maximum atomic E-state index is 5.31. The van der Waals surface area contributed by atoms with Crippen LogP contribution < -0.4 is 10.6 Å². The first kappa shape index (κ1) is 23.6. The molecule has 1 atom stereocenters. The highest BCUT2D eigenvalue weighted by Gasteiger charge is 2.24. The highest BCUT2D eigenvalue weighted by Crippen LogP contribution is 2.27. The van der Waals surface area contributed by atoms with Gasteiger partial charge in [-0.1, -0.05) is 17.3 Å². The van der Waals surface area contributed by atoms with Crippen LogP contribution >= 0.6 is 35.3 Å². The number of hydrogen-bond acceptors (Lipinski definition) is 7. The first-order valence-corrected chi connectivity index (χ1v) is 11.2. The molecule has 166 valence electrons. The van der Waals surface area contributed by atoms with E-state index in [1.165, 1.54) is 17.7 Å². The van der Waals surface area contributed by atoms with Crippen molar-refractivity contribution in [2.24, 2.45) is 4.99 Å². The molecule has 31 heavy (non-hydrogen) atoms. The van der Waals surface area contributed by atoms with Gasteiger partial charge in [0, 0.05) is 37.6 Å². The quantitative estimate of drug-likeness (QED) is 0.251. The fourth-order valence-electron chi connectivity index (χ4n) is 3.60. The van der Waals surface area contributed by atoms with Crippen molar-refractivity contribution in [3.8, 4) is 11.6 Å². The van der Waals surface area contributed by atoms with E-state index in [0.29, 0.717) is 36.4 Å². The number of pyridine rings is 1. The Morgan fingerprint density at radius 2 is 2.10 bits per heavy atom. The number of nitrogens with zero attached hydrogens (tertiary/aromatic N) is 5. The molecule has 4 rings (SSSR count). The third-order valence-corrected chi connectivity index (χ3v) is 6.11. The number of halogens is 1. The Morgan fingerprint density at radius 1 is 1.23 bits per heavy atom. The molecule has 2 N–H and O–H groups in total. The summed E-state index contributed by atoms with van der Waals surface area (Å²) in [5, 5.41) is 13.0. The molecular formula is C21H28IN7OS. The standard InChI is InChI=1S/C21H27N7OS.HI/c1-22-21(25-15-17(18-8-6-14-30-18)28-12-4-5-13-28)24-11-9-19-26-20(29-27-19)16-7-2-3-10-23-16;/h2-3,6-8,10,14,17H,4-5,9,11-13,15H2,1H3,(H2,22,24,25);1H. The van der Waals surface area contributed by atoms with Gasteiger partial charge in [0.1, 0.15) is 5.69 Å². The van der Waals surface area contributed by atoms with Crippen LogP contribution in [0.3, 0.4) is 0 Å². The Bertz CT molecular complexity index is 926. The molecule has 0 bridgehead atoms. The first-order valence-electron chi connectivity index (χ1n) is 10.3. The molecular weight excluding hydrogens is 525 g/mol. The summed E-state index contributed by atoms with van der Waals surface area (Å²) in [5.41, 5.74) is 0.684. The second kappa shape index (κ2) is 12.1. The topological polar surface area (TPSA) is 91.5 Å². The summed E-state index contributed by atoms with van der Waals surface area (Å²) >= 11 is 1.82. The van der Waals surface area contributed by atoms with Gasteiger partial charge in [-0.15, -0.1) is 35.3 Å². The molecule has 1 unspecified atom stereocenters. The van der Waals surface area contributed by atoms with Crippen LogP contribution in [0.5, 0.6) is 0 Å². The van der Waals surface area contributed by atoms with Crippen LogP contribution in [0.4, 0.5) is 0 Å². The van der Waals surface area contributed by atoms with Gasteiger partial charge in [0.2, 0.25) is 0 Å². The van der Waals surface area contributed by atoms with Gasteiger partial charge in [0.15, 0.2) is 11.8 Å². The minimum Gasteiger partial charge on any atom is -0.356 e. The fraction of sp³-hybridized carbons (Fsp3) is 0.429. The van der Waals surface area contributed by atoms with E-state index in [9.17, 15) is 0 Å². The molecule has 1 aliphatic rings. The van der Waals surface area contributed by atoms with Crippen molar-refractivity contribution in [3.63, 3.8) is 0 Å². The van der Waals surface area contributed by atoms with Crippen molar-refractivity contribution < 1.29 is 4.52 Å². The molecule has 0 aromatic carbocycles. The maximum absolute atomic E-state index is 5.31. The highest BCUT2D eigenvalue weighted by molar-refractivity contribution is 14.0. The molecule has 3 aromatic rings. The zero-order valence-electron chi connectivity index (χ0n) is 17.5. The Kier molecular flexibility index (Phi) is 9.22. The molecule has 0 radical (unpaired) electrons. The summed E-state index contributed by atoms with van der Waals surface area (Å²) in [4.78, 5) is 17.0. The highest BCUT2D eigenvalue weighted by atomic mass is 127. The summed E-state index contributed by atoms with van der Waals surface area (Å²) in [6.45, 7) is 3.81. The summed E-state index contributed by atoms with van der Waals surface area (Å²) in [7, 11) is 1.79. The van der Waals surface area contributed by atoms with E-state index in [-0.39, 0.29) is 24.0 Å². The van der Waals surface area contributed by atoms with Crippen molar-refractivity contribution in [1.29, 1.82) is 0 Å². The Morgan fingerprint density at radius 3 is 2.81 bits per heavy atom. The Hall–Kier alpha value is -2.05. The Labute approximate surface area is 203 Å². The number of thiophene rings is 1. The van der Waals surface area contributed by atoms with Crippen molar-refractivity contribution in [2.75, 3.05) is 33.2 Å². The monoisotopic (exact) mass is 553 g/mol. The molecule has 4 heterocycles. The zero-order valence-corrected chi connectivity index (χ0v) is 20.7. The molecule has 8 nitrogen and oxygen atoms in total. The number of aliphatic imine (C=N–C) groups is 1. The smallest absolute Gasteiger partial charge is 0.276 e. The van der Waals surface area contributed by atoms with Crippen LogP contribution in [-0.4, -0.2) is 59.2 Å². The van der Waals surface area contributed by atoms with E-state index in [2.05, 4.69) is 53.2 Å². The molecule has 0 amide bonds. The average molecular weight is 553 g/mol. The molecule has 0 aliphatic carbocycles. The third-order valence-electron chi connectivity index (χ3n) is 5.13. The van der Waals surface area contributed by atoms with Crippen molar-refractivity contribution in [1.82, 2.24) is 30.7 Å². The molecule has 0 saturated carbocycles. The summed E-state index contributed by atoms with van der Waals surface area (Å²) < 4.78 is 5.31. The Balaban J connectivity index is 0.00000272. The molecule has 1 aliphatic heterocycles. The number of likely N-dealkylation sites (tertiary alicyclic amines) is 1. The minimum atomic E-state index is 0. The molecule has 1 fully saturated rings. The predicted molar refractivity (Wildman–Crippen MR) is 134 cm³/mol. The van der Waals surface area contributed by atoms with Gasteiger partial charge < -0.3 is 15.2 Å². The lowest BCUT2D eigenvalue weighted by molar-refractivity contribution is 0.249. The molecule has 3 aromatic heterocycles. The summed E-state index contributed by atoms with van der Waals surface area (Å²) in [6, 6.07) is 10.3. The van der Waals surface area contributed by atoms with Crippen LogP contribution in [-0.2, 0) is 6.42 Å². The molecule has 10 heteroatoms. The fourth-order valence-corrected chi connectivity index (χ4v) is 4.46. The van der Waals surface area contributed by atoms with Gasteiger partial charge in [0.25, 0.3) is 5.89 Å². The second-order valence-corrected chi connectivity index (χ2v) is 8.11. The number of hydrogen-bond donors (Lipinski definition) is 2. The van der Waals surface area contributed by atoms with Gasteiger partial charge in [0.05, 0.1) is 6.04 Å². The second-order valence-electron chi connectivity index (χ2n) is 7.13. The van der Waals surface area contributed by atoms with Gasteiger partial charge in [-0.2, -0.15) is 4.98 Å². The van der Waals surface area contributed by atoms with E-state index in [1.807, 2.05) is 29.5 Å². The van der Waals surface area contributed by atoms with Gasteiger partial charge in [-0.05, 0) is 49.5 Å². The van der Waals surface area contributed by atoms with Crippen LogP contribution in [0.2, 0.25) is 0 Å². The van der Waals surface area contributed by atoms with Gasteiger partial charge in [-0.25, -0.2) is 0 Å². The van der Waals surface area contributed by atoms with Crippen molar-refractivity contribution >= 4 is 41.3 Å². The third kappa shape index (κ3) is 6.47. The SMILES string of the molecule is CN=C(NCCc1noc(-c2ccccn2)n1)NCC(c1cccs1)N1CCCC1.I. The summed E-state index contributed by atoms with van der Waals surface area (Å²) in [6.07, 6.45) is 4.90. The number of aromatic nitrogens is 3. The normalized spacial score (nSPS) is 15.5. The largest absolute Gasteiger partial charge is 0.356 e. The predicted octanol–water partition coefficient (Wildman–Crippen LogP) is 3.36. The van der Waals surface area contributed by atoms with E-state index in [4.69, 9.17) is 4.52 Å². The van der Waals surface area contributed by atoms with E-state index >= 15 is 0 Å². The number of nitrogens with one attached hydrogen (secondary N) is 2. The van der Waals surface area contributed by atoms with E-state index in [1.54, 1.807) is 13.2 Å².